The highest BCUT2D eigenvalue weighted by Gasteiger charge is 2.21. The van der Waals surface area contributed by atoms with Crippen LogP contribution in [0, 0.1) is 0 Å². The predicted molar refractivity (Wildman–Crippen MR) is 64.1 cm³/mol. The van der Waals surface area contributed by atoms with Crippen molar-refractivity contribution in [3.8, 4) is 11.3 Å². The summed E-state index contributed by atoms with van der Waals surface area (Å²) in [5, 5.41) is 3.37. The quantitative estimate of drug-likeness (QED) is 0.848. The van der Waals surface area contributed by atoms with Gasteiger partial charge >= 0.3 is 0 Å². The third kappa shape index (κ3) is 2.03. The number of hydrogen-bond donors (Lipinski definition) is 1. The summed E-state index contributed by atoms with van der Waals surface area (Å²) in [6.07, 6.45) is 4.13. The normalized spacial score (nSPS) is 14.8. The fraction of sp³-hybridized carbons (Fsp3) is 0.231. The van der Waals surface area contributed by atoms with Crippen molar-refractivity contribution in [2.45, 2.75) is 18.9 Å². The molecule has 1 N–H and O–H groups in total. The summed E-state index contributed by atoms with van der Waals surface area (Å²) in [5.74, 6) is 0.927. The lowest BCUT2D eigenvalue weighted by Crippen LogP contribution is -2.03. The van der Waals surface area contributed by atoms with E-state index in [-0.39, 0.29) is 0 Å². The third-order valence-corrected chi connectivity index (χ3v) is 2.67. The van der Waals surface area contributed by atoms with Crippen LogP contribution in [0.3, 0.4) is 0 Å². The van der Waals surface area contributed by atoms with E-state index in [1.165, 1.54) is 12.8 Å². The topological polar surface area (TPSA) is 37.8 Å². The molecule has 3 rings (SSSR count). The number of rotatable bonds is 3. The molecule has 1 aliphatic carbocycles. The van der Waals surface area contributed by atoms with Crippen LogP contribution < -0.4 is 5.32 Å². The van der Waals surface area contributed by atoms with Crippen molar-refractivity contribution in [1.29, 1.82) is 0 Å². The second kappa shape index (κ2) is 3.93. The van der Waals surface area contributed by atoms with E-state index in [0.29, 0.717) is 6.04 Å². The molecule has 0 amide bonds. The van der Waals surface area contributed by atoms with E-state index in [0.717, 1.165) is 17.1 Å². The summed E-state index contributed by atoms with van der Waals surface area (Å²) in [6.45, 7) is 0. The van der Waals surface area contributed by atoms with Crippen molar-refractivity contribution < 1.29 is 0 Å². The number of anilines is 1. The molecule has 2 aromatic rings. The molecule has 0 radical (unpaired) electrons. The molecule has 1 heterocycles. The second-order valence-corrected chi connectivity index (χ2v) is 4.07. The molecule has 16 heavy (non-hydrogen) atoms. The molecule has 1 aliphatic rings. The van der Waals surface area contributed by atoms with Crippen molar-refractivity contribution in [3.05, 3.63) is 42.7 Å². The predicted octanol–water partition coefficient (Wildman–Crippen LogP) is 2.72. The summed E-state index contributed by atoms with van der Waals surface area (Å²) in [5.41, 5.74) is 2.10. The van der Waals surface area contributed by atoms with E-state index in [2.05, 4.69) is 27.4 Å². The lowest BCUT2D eigenvalue weighted by Gasteiger charge is -2.05. The Morgan fingerprint density at radius 3 is 2.62 bits per heavy atom. The van der Waals surface area contributed by atoms with Crippen molar-refractivity contribution in [2.24, 2.45) is 0 Å². The van der Waals surface area contributed by atoms with Gasteiger partial charge in [0.1, 0.15) is 12.1 Å². The van der Waals surface area contributed by atoms with Gasteiger partial charge in [-0.25, -0.2) is 9.97 Å². The van der Waals surface area contributed by atoms with Crippen LogP contribution in [0.2, 0.25) is 0 Å². The van der Waals surface area contributed by atoms with Crippen LogP contribution in [0.25, 0.3) is 11.3 Å². The first-order valence-corrected chi connectivity index (χ1v) is 5.56. The number of benzene rings is 1. The Bertz CT molecular complexity index is 478. The molecular formula is C13H13N3. The van der Waals surface area contributed by atoms with Gasteiger partial charge in [0, 0.05) is 17.7 Å². The zero-order valence-electron chi connectivity index (χ0n) is 8.93. The van der Waals surface area contributed by atoms with E-state index in [4.69, 9.17) is 0 Å². The molecular weight excluding hydrogens is 198 g/mol. The number of aromatic nitrogens is 2. The maximum Gasteiger partial charge on any atom is 0.130 e. The minimum absolute atomic E-state index is 0.624. The smallest absolute Gasteiger partial charge is 0.130 e. The Labute approximate surface area is 94.6 Å². The Hall–Kier alpha value is -1.90. The van der Waals surface area contributed by atoms with Crippen LogP contribution >= 0.6 is 0 Å². The first-order valence-electron chi connectivity index (χ1n) is 5.56. The van der Waals surface area contributed by atoms with Gasteiger partial charge in [0.15, 0.2) is 0 Å². The molecule has 1 saturated carbocycles. The van der Waals surface area contributed by atoms with Gasteiger partial charge in [-0.15, -0.1) is 0 Å². The van der Waals surface area contributed by atoms with Gasteiger partial charge in [-0.3, -0.25) is 0 Å². The van der Waals surface area contributed by atoms with Crippen LogP contribution in [-0.4, -0.2) is 16.0 Å². The number of nitrogens with one attached hydrogen (secondary N) is 1. The summed E-state index contributed by atoms with van der Waals surface area (Å²) in [6, 6.07) is 12.8. The van der Waals surface area contributed by atoms with Crippen LogP contribution in [0.5, 0.6) is 0 Å². The van der Waals surface area contributed by atoms with Crippen molar-refractivity contribution >= 4 is 5.82 Å². The second-order valence-electron chi connectivity index (χ2n) is 4.07. The Morgan fingerprint density at radius 2 is 1.88 bits per heavy atom. The molecule has 1 aromatic carbocycles. The minimum Gasteiger partial charge on any atom is -0.367 e. The third-order valence-electron chi connectivity index (χ3n) is 2.67. The molecule has 0 bridgehead atoms. The highest BCUT2D eigenvalue weighted by Crippen LogP contribution is 2.25. The lowest BCUT2D eigenvalue weighted by molar-refractivity contribution is 1.08. The largest absolute Gasteiger partial charge is 0.367 e. The maximum absolute atomic E-state index is 4.29. The first-order chi connectivity index (χ1) is 7.92. The van der Waals surface area contributed by atoms with E-state index in [1.807, 2.05) is 24.3 Å². The molecule has 1 aromatic heterocycles. The van der Waals surface area contributed by atoms with Gasteiger partial charge in [-0.05, 0) is 12.8 Å². The fourth-order valence-corrected chi connectivity index (χ4v) is 1.64. The molecule has 3 heteroatoms. The van der Waals surface area contributed by atoms with Crippen molar-refractivity contribution in [1.82, 2.24) is 9.97 Å². The van der Waals surface area contributed by atoms with Gasteiger partial charge in [0.2, 0.25) is 0 Å². The molecule has 80 valence electrons. The Kier molecular flexibility index (Phi) is 2.29. The van der Waals surface area contributed by atoms with Gasteiger partial charge in [0.05, 0.1) is 5.69 Å². The summed E-state index contributed by atoms with van der Waals surface area (Å²) in [7, 11) is 0. The van der Waals surface area contributed by atoms with Gasteiger partial charge in [-0.2, -0.15) is 0 Å². The van der Waals surface area contributed by atoms with Crippen LogP contribution in [-0.2, 0) is 0 Å². The standard InChI is InChI=1S/C13H13N3/c1-2-4-10(5-3-1)12-8-13(15-9-14-12)16-11-6-7-11/h1-5,8-9,11H,6-7H2,(H,14,15,16). The minimum atomic E-state index is 0.624. The van der Waals surface area contributed by atoms with Crippen molar-refractivity contribution in [2.75, 3.05) is 5.32 Å². The van der Waals surface area contributed by atoms with E-state index >= 15 is 0 Å². The molecule has 3 nitrogen and oxygen atoms in total. The summed E-state index contributed by atoms with van der Waals surface area (Å²) in [4.78, 5) is 8.51. The molecule has 0 saturated heterocycles. The zero-order chi connectivity index (χ0) is 10.8. The average molecular weight is 211 g/mol. The van der Waals surface area contributed by atoms with Gasteiger partial charge in [-0.1, -0.05) is 30.3 Å². The van der Waals surface area contributed by atoms with Gasteiger partial charge < -0.3 is 5.32 Å². The van der Waals surface area contributed by atoms with Crippen LogP contribution in [0.1, 0.15) is 12.8 Å². The SMILES string of the molecule is c1ccc(-c2cc(NC3CC3)ncn2)cc1. The molecule has 0 aliphatic heterocycles. The monoisotopic (exact) mass is 211 g/mol. The zero-order valence-corrected chi connectivity index (χ0v) is 8.93. The fourth-order valence-electron chi connectivity index (χ4n) is 1.64. The first kappa shape index (κ1) is 9.33. The molecule has 0 unspecified atom stereocenters. The number of hydrogen-bond acceptors (Lipinski definition) is 3. The van der Waals surface area contributed by atoms with Crippen LogP contribution in [0.15, 0.2) is 42.7 Å². The molecule has 0 atom stereocenters. The highest BCUT2D eigenvalue weighted by atomic mass is 15.1. The van der Waals surface area contributed by atoms with E-state index < -0.39 is 0 Å². The van der Waals surface area contributed by atoms with E-state index in [9.17, 15) is 0 Å². The summed E-state index contributed by atoms with van der Waals surface area (Å²) < 4.78 is 0. The lowest BCUT2D eigenvalue weighted by atomic mass is 10.1. The highest BCUT2D eigenvalue weighted by molar-refractivity contribution is 5.62. The summed E-state index contributed by atoms with van der Waals surface area (Å²) >= 11 is 0. The van der Waals surface area contributed by atoms with E-state index in [1.54, 1.807) is 6.33 Å². The van der Waals surface area contributed by atoms with Crippen molar-refractivity contribution in [3.63, 3.8) is 0 Å². The molecule has 1 fully saturated rings. The Balaban J connectivity index is 1.89. The van der Waals surface area contributed by atoms with Gasteiger partial charge in [0.25, 0.3) is 0 Å². The Morgan fingerprint density at radius 1 is 1.06 bits per heavy atom. The maximum atomic E-state index is 4.29. The van der Waals surface area contributed by atoms with Crippen LogP contribution in [0.4, 0.5) is 5.82 Å². The number of nitrogens with zero attached hydrogens (tertiary/aromatic N) is 2. The molecule has 0 spiro atoms. The average Bonchev–Trinajstić information content (AvgIpc) is 3.15.